The van der Waals surface area contributed by atoms with Crippen molar-refractivity contribution in [3.05, 3.63) is 58.9 Å². The minimum atomic E-state index is -0.479. The molecule has 0 saturated carbocycles. The van der Waals surface area contributed by atoms with E-state index in [9.17, 15) is 9.18 Å². The van der Waals surface area contributed by atoms with Crippen LogP contribution in [0.15, 0.2) is 42.5 Å². The van der Waals surface area contributed by atoms with Crippen LogP contribution in [0.4, 0.5) is 10.1 Å². The lowest BCUT2D eigenvalue weighted by molar-refractivity contribution is 0.102. The SMILES string of the molecule is CCN(CC)CCOc1ccc(NC(=O)c2ccc(F)cc2Cl)cc1. The minimum Gasteiger partial charge on any atom is -0.492 e. The van der Waals surface area contributed by atoms with E-state index in [1.54, 1.807) is 24.3 Å². The fourth-order valence-corrected chi connectivity index (χ4v) is 2.59. The van der Waals surface area contributed by atoms with Crippen LogP contribution < -0.4 is 10.1 Å². The summed E-state index contributed by atoms with van der Waals surface area (Å²) < 4.78 is 18.7. The zero-order chi connectivity index (χ0) is 18.2. The van der Waals surface area contributed by atoms with Gasteiger partial charge in [0.25, 0.3) is 5.91 Å². The van der Waals surface area contributed by atoms with Crippen LogP contribution >= 0.6 is 11.6 Å². The molecule has 0 unspecified atom stereocenters. The van der Waals surface area contributed by atoms with E-state index in [0.29, 0.717) is 12.3 Å². The summed E-state index contributed by atoms with van der Waals surface area (Å²) in [4.78, 5) is 14.5. The Morgan fingerprint density at radius 2 is 1.84 bits per heavy atom. The fourth-order valence-electron chi connectivity index (χ4n) is 2.34. The van der Waals surface area contributed by atoms with Crippen LogP contribution in [0.5, 0.6) is 5.75 Å². The molecule has 6 heteroatoms. The monoisotopic (exact) mass is 364 g/mol. The van der Waals surface area contributed by atoms with Gasteiger partial charge in [-0.3, -0.25) is 4.79 Å². The fraction of sp³-hybridized carbons (Fsp3) is 0.316. The Bertz CT molecular complexity index is 703. The summed E-state index contributed by atoms with van der Waals surface area (Å²) in [6.45, 7) is 7.71. The number of benzene rings is 2. The second kappa shape index (κ2) is 9.39. The van der Waals surface area contributed by atoms with Crippen LogP contribution in [0.1, 0.15) is 24.2 Å². The van der Waals surface area contributed by atoms with Gasteiger partial charge in [-0.25, -0.2) is 4.39 Å². The topological polar surface area (TPSA) is 41.6 Å². The van der Waals surface area contributed by atoms with E-state index in [-0.39, 0.29) is 16.5 Å². The largest absolute Gasteiger partial charge is 0.492 e. The van der Waals surface area contributed by atoms with E-state index in [1.165, 1.54) is 12.1 Å². The maximum Gasteiger partial charge on any atom is 0.257 e. The van der Waals surface area contributed by atoms with Gasteiger partial charge in [0, 0.05) is 12.2 Å². The predicted molar refractivity (Wildman–Crippen MR) is 99.1 cm³/mol. The third-order valence-corrected chi connectivity index (χ3v) is 4.17. The number of halogens is 2. The van der Waals surface area contributed by atoms with Gasteiger partial charge in [-0.2, -0.15) is 0 Å². The van der Waals surface area contributed by atoms with Gasteiger partial charge in [-0.1, -0.05) is 25.4 Å². The van der Waals surface area contributed by atoms with Crippen LogP contribution in [-0.2, 0) is 0 Å². The molecule has 2 aromatic carbocycles. The van der Waals surface area contributed by atoms with Crippen LogP contribution in [-0.4, -0.2) is 37.0 Å². The molecular weight excluding hydrogens is 343 g/mol. The third-order valence-electron chi connectivity index (χ3n) is 3.86. The Balaban J connectivity index is 1.90. The van der Waals surface area contributed by atoms with E-state index >= 15 is 0 Å². The average Bonchev–Trinajstić information content (AvgIpc) is 2.60. The lowest BCUT2D eigenvalue weighted by Gasteiger charge is -2.18. The number of anilines is 1. The maximum atomic E-state index is 13.0. The highest BCUT2D eigenvalue weighted by molar-refractivity contribution is 6.34. The number of amides is 1. The lowest BCUT2D eigenvalue weighted by Crippen LogP contribution is -2.27. The summed E-state index contributed by atoms with van der Waals surface area (Å²) in [5.41, 5.74) is 0.837. The standard InChI is InChI=1S/C19H22ClFN2O2/c1-3-23(4-2)11-12-25-16-8-6-15(7-9-16)22-19(24)17-10-5-14(21)13-18(17)20/h5-10,13H,3-4,11-12H2,1-2H3,(H,22,24). The number of rotatable bonds is 8. The highest BCUT2D eigenvalue weighted by Crippen LogP contribution is 2.20. The molecule has 2 rings (SSSR count). The smallest absolute Gasteiger partial charge is 0.257 e. The molecule has 4 nitrogen and oxygen atoms in total. The summed E-state index contributed by atoms with van der Waals surface area (Å²) in [7, 11) is 0. The van der Waals surface area contributed by atoms with Gasteiger partial charge in [-0.05, 0) is 55.6 Å². The molecule has 1 amide bonds. The zero-order valence-electron chi connectivity index (χ0n) is 14.4. The van der Waals surface area contributed by atoms with Crippen molar-refractivity contribution in [1.82, 2.24) is 4.90 Å². The van der Waals surface area contributed by atoms with E-state index in [1.807, 2.05) is 0 Å². The number of nitrogens with one attached hydrogen (secondary N) is 1. The maximum absolute atomic E-state index is 13.0. The molecule has 2 aromatic rings. The first-order valence-corrected chi connectivity index (χ1v) is 8.63. The summed E-state index contributed by atoms with van der Waals surface area (Å²) in [6, 6.07) is 10.8. The number of ether oxygens (including phenoxy) is 1. The third kappa shape index (κ3) is 5.73. The first kappa shape index (κ1) is 19.2. The molecule has 0 aromatic heterocycles. The molecule has 0 bridgehead atoms. The summed E-state index contributed by atoms with van der Waals surface area (Å²) in [6.07, 6.45) is 0. The van der Waals surface area contributed by atoms with Crippen LogP contribution in [0.2, 0.25) is 5.02 Å². The molecule has 0 saturated heterocycles. The number of hydrogen-bond donors (Lipinski definition) is 1. The molecule has 0 heterocycles. The Morgan fingerprint density at radius 3 is 2.44 bits per heavy atom. The number of nitrogens with zero attached hydrogens (tertiary/aromatic N) is 1. The molecule has 25 heavy (non-hydrogen) atoms. The van der Waals surface area contributed by atoms with Crippen LogP contribution in [0, 0.1) is 5.82 Å². The molecule has 134 valence electrons. The van der Waals surface area contributed by atoms with Crippen molar-refractivity contribution in [2.45, 2.75) is 13.8 Å². The second-order valence-electron chi connectivity index (χ2n) is 5.48. The van der Waals surface area contributed by atoms with Crippen molar-refractivity contribution in [1.29, 1.82) is 0 Å². The van der Waals surface area contributed by atoms with Crippen molar-refractivity contribution in [3.8, 4) is 5.75 Å². The highest BCUT2D eigenvalue weighted by atomic mass is 35.5. The van der Waals surface area contributed by atoms with E-state index in [2.05, 4.69) is 24.1 Å². The number of hydrogen-bond acceptors (Lipinski definition) is 3. The first-order valence-electron chi connectivity index (χ1n) is 8.25. The van der Waals surface area contributed by atoms with Gasteiger partial charge < -0.3 is 15.0 Å². The van der Waals surface area contributed by atoms with Crippen LogP contribution in [0.25, 0.3) is 0 Å². The van der Waals surface area contributed by atoms with Gasteiger partial charge in [0.1, 0.15) is 18.2 Å². The van der Waals surface area contributed by atoms with Crippen LogP contribution in [0.3, 0.4) is 0 Å². The van der Waals surface area contributed by atoms with Crippen molar-refractivity contribution < 1.29 is 13.9 Å². The molecular formula is C19H22ClFN2O2. The Hall–Kier alpha value is -2.11. The van der Waals surface area contributed by atoms with E-state index in [4.69, 9.17) is 16.3 Å². The molecule has 0 fully saturated rings. The molecule has 0 aliphatic rings. The molecule has 0 spiro atoms. The molecule has 0 aliphatic carbocycles. The predicted octanol–water partition coefficient (Wildman–Crippen LogP) is 4.45. The molecule has 0 radical (unpaired) electrons. The Kier molecular flexibility index (Phi) is 7.22. The van der Waals surface area contributed by atoms with Crippen molar-refractivity contribution in [2.75, 3.05) is 31.6 Å². The Labute approximate surface area is 152 Å². The molecule has 0 atom stereocenters. The zero-order valence-corrected chi connectivity index (χ0v) is 15.1. The minimum absolute atomic E-state index is 0.0776. The summed E-state index contributed by atoms with van der Waals surface area (Å²) in [5.74, 6) is -0.127. The second-order valence-corrected chi connectivity index (χ2v) is 5.89. The van der Waals surface area contributed by atoms with Crippen molar-refractivity contribution >= 4 is 23.2 Å². The molecule has 0 aliphatic heterocycles. The average molecular weight is 365 g/mol. The van der Waals surface area contributed by atoms with E-state index < -0.39 is 5.82 Å². The normalized spacial score (nSPS) is 10.8. The number of carbonyl (C=O) groups excluding carboxylic acids is 1. The Morgan fingerprint density at radius 1 is 1.16 bits per heavy atom. The summed E-state index contributed by atoms with van der Waals surface area (Å²) in [5, 5.41) is 2.81. The van der Waals surface area contributed by atoms with Gasteiger partial charge >= 0.3 is 0 Å². The van der Waals surface area contributed by atoms with Gasteiger partial charge in [0.2, 0.25) is 0 Å². The van der Waals surface area contributed by atoms with Crippen molar-refractivity contribution in [3.63, 3.8) is 0 Å². The number of likely N-dealkylation sites (N-methyl/N-ethyl adjacent to an activating group) is 1. The summed E-state index contributed by atoms with van der Waals surface area (Å²) >= 11 is 5.90. The quantitative estimate of drug-likeness (QED) is 0.752. The van der Waals surface area contributed by atoms with Gasteiger partial charge in [0.05, 0.1) is 10.6 Å². The first-order chi connectivity index (χ1) is 12.0. The lowest BCUT2D eigenvalue weighted by atomic mass is 10.2. The highest BCUT2D eigenvalue weighted by Gasteiger charge is 2.11. The molecule has 1 N–H and O–H groups in total. The van der Waals surface area contributed by atoms with Crippen molar-refractivity contribution in [2.24, 2.45) is 0 Å². The van der Waals surface area contributed by atoms with E-state index in [0.717, 1.165) is 31.5 Å². The van der Waals surface area contributed by atoms with Gasteiger partial charge in [-0.15, -0.1) is 0 Å². The van der Waals surface area contributed by atoms with Gasteiger partial charge in [0.15, 0.2) is 0 Å². The number of carbonyl (C=O) groups is 1.